The van der Waals surface area contributed by atoms with Crippen molar-refractivity contribution in [3.05, 3.63) is 35.2 Å². The second-order valence-electron chi connectivity index (χ2n) is 10.4. The van der Waals surface area contributed by atoms with Gasteiger partial charge in [-0.25, -0.2) is 0 Å². The molecule has 3 fully saturated rings. The second kappa shape index (κ2) is 6.66. The van der Waals surface area contributed by atoms with Crippen LogP contribution in [-0.4, -0.2) is 26.8 Å². The van der Waals surface area contributed by atoms with Gasteiger partial charge in [0.05, 0.1) is 11.8 Å². The first-order valence-corrected chi connectivity index (χ1v) is 11.5. The predicted molar refractivity (Wildman–Crippen MR) is 114 cm³/mol. The van der Waals surface area contributed by atoms with Crippen LogP contribution in [0.25, 0.3) is 6.08 Å². The monoisotopic (exact) mass is 394 g/mol. The standard InChI is InChI=1S/C25H34N2O2/c1-4-27-12-9-18(26-27)13-16-14-22-20-6-5-17-15-19(28)7-10-24(17,2)21(20)8-11-25(22,3)23(16)29/h5,9,12-13,19-22,28H,4,6-8,10-11,14-15H2,1-3H3/b16-13+/t19-,20+,21-,22-,24+,25+/m1/s1. The summed E-state index contributed by atoms with van der Waals surface area (Å²) in [5, 5.41) is 14.8. The molecule has 1 N–H and O–H groups in total. The maximum atomic E-state index is 13.5. The van der Waals surface area contributed by atoms with Crippen LogP contribution in [0.5, 0.6) is 0 Å². The van der Waals surface area contributed by atoms with Gasteiger partial charge in [0.25, 0.3) is 0 Å². The number of carbonyl (C=O) groups is 1. The summed E-state index contributed by atoms with van der Waals surface area (Å²) in [6, 6.07) is 2.01. The number of Topliss-reactive ketones (excluding diaryl/α,β-unsaturated/α-hetero) is 1. The van der Waals surface area contributed by atoms with E-state index in [4.69, 9.17) is 0 Å². The Hall–Kier alpha value is -1.68. The smallest absolute Gasteiger partial charge is 0.165 e. The Morgan fingerprint density at radius 2 is 2.00 bits per heavy atom. The third-order valence-corrected chi connectivity index (χ3v) is 9.03. The highest BCUT2D eigenvalue weighted by Gasteiger charge is 2.59. The van der Waals surface area contributed by atoms with Crippen LogP contribution in [0.1, 0.15) is 71.4 Å². The van der Waals surface area contributed by atoms with Crippen LogP contribution in [0.15, 0.2) is 29.5 Å². The first kappa shape index (κ1) is 19.3. The Morgan fingerprint density at radius 1 is 1.21 bits per heavy atom. The van der Waals surface area contributed by atoms with Gasteiger partial charge in [0.2, 0.25) is 0 Å². The molecular weight excluding hydrogens is 360 g/mol. The number of carbonyl (C=O) groups excluding carboxylic acids is 1. The Bertz CT molecular complexity index is 896. The highest BCUT2D eigenvalue weighted by atomic mass is 16.3. The SMILES string of the molecule is CCn1ccc(/C=C2\C[C@@H]3[C@H]4CC=C5C[C@H](O)CC[C@]5(C)[C@@H]4CC[C@]3(C)C2=O)n1. The van der Waals surface area contributed by atoms with Crippen LogP contribution in [0.3, 0.4) is 0 Å². The Morgan fingerprint density at radius 3 is 2.76 bits per heavy atom. The van der Waals surface area contributed by atoms with Gasteiger partial charge in [0.1, 0.15) is 0 Å². The highest BCUT2D eigenvalue weighted by Crippen LogP contribution is 2.64. The molecule has 0 saturated heterocycles. The summed E-state index contributed by atoms with van der Waals surface area (Å²) in [7, 11) is 0. The van der Waals surface area contributed by atoms with Gasteiger partial charge in [-0.2, -0.15) is 5.10 Å². The molecule has 0 amide bonds. The summed E-state index contributed by atoms with van der Waals surface area (Å²) in [6.45, 7) is 7.60. The van der Waals surface area contributed by atoms with E-state index in [0.717, 1.165) is 62.8 Å². The Labute approximate surface area is 174 Å². The second-order valence-corrected chi connectivity index (χ2v) is 10.4. The van der Waals surface area contributed by atoms with Crippen LogP contribution in [0, 0.1) is 28.6 Å². The van der Waals surface area contributed by atoms with E-state index in [-0.39, 0.29) is 16.9 Å². The number of aliphatic hydroxyl groups is 1. The van der Waals surface area contributed by atoms with Crippen LogP contribution >= 0.6 is 0 Å². The molecule has 29 heavy (non-hydrogen) atoms. The minimum atomic E-state index is -0.212. The van der Waals surface area contributed by atoms with Gasteiger partial charge in [0, 0.05) is 18.2 Å². The fraction of sp³-hybridized carbons (Fsp3) is 0.680. The average Bonchev–Trinajstić information content (AvgIpc) is 3.26. The molecule has 6 atom stereocenters. The molecular formula is C25H34N2O2. The minimum absolute atomic E-state index is 0.162. The lowest BCUT2D eigenvalue weighted by Gasteiger charge is -2.56. The zero-order valence-electron chi connectivity index (χ0n) is 18.0. The van der Waals surface area contributed by atoms with Gasteiger partial charge in [-0.1, -0.05) is 25.5 Å². The van der Waals surface area contributed by atoms with E-state index >= 15 is 0 Å². The molecule has 1 aromatic rings. The van der Waals surface area contributed by atoms with Crippen molar-refractivity contribution in [1.82, 2.24) is 9.78 Å². The molecule has 0 aliphatic heterocycles. The number of ketones is 1. The molecule has 0 bridgehead atoms. The van der Waals surface area contributed by atoms with Crippen LogP contribution in [0.2, 0.25) is 0 Å². The normalized spacial score (nSPS) is 43.0. The fourth-order valence-electron chi connectivity index (χ4n) is 7.25. The number of allylic oxidation sites excluding steroid dienone is 2. The lowest BCUT2D eigenvalue weighted by atomic mass is 9.48. The number of aryl methyl sites for hydroxylation is 1. The molecule has 1 aromatic heterocycles. The zero-order valence-corrected chi connectivity index (χ0v) is 18.0. The summed E-state index contributed by atoms with van der Waals surface area (Å²) in [5.41, 5.74) is 3.40. The zero-order chi connectivity index (χ0) is 20.4. The number of aliphatic hydroxyl groups excluding tert-OH is 1. The van der Waals surface area contributed by atoms with Gasteiger partial charge >= 0.3 is 0 Å². The maximum Gasteiger partial charge on any atom is 0.165 e. The first-order valence-electron chi connectivity index (χ1n) is 11.5. The van der Waals surface area contributed by atoms with E-state index in [9.17, 15) is 9.90 Å². The van der Waals surface area contributed by atoms with Crippen molar-refractivity contribution in [2.45, 2.75) is 78.4 Å². The number of aromatic nitrogens is 2. The molecule has 0 spiro atoms. The predicted octanol–water partition coefficient (Wildman–Crippen LogP) is 4.79. The van der Waals surface area contributed by atoms with Crippen LogP contribution < -0.4 is 0 Å². The average molecular weight is 395 g/mol. The van der Waals surface area contributed by atoms with Crippen molar-refractivity contribution in [2.24, 2.45) is 28.6 Å². The summed E-state index contributed by atoms with van der Waals surface area (Å²) in [6.07, 6.45) is 13.3. The van der Waals surface area contributed by atoms with Crippen LogP contribution in [0.4, 0.5) is 0 Å². The molecule has 3 saturated carbocycles. The third-order valence-electron chi connectivity index (χ3n) is 9.03. The van der Waals surface area contributed by atoms with Crippen molar-refractivity contribution in [3.8, 4) is 0 Å². The minimum Gasteiger partial charge on any atom is -0.393 e. The largest absolute Gasteiger partial charge is 0.393 e. The molecule has 4 nitrogen and oxygen atoms in total. The van der Waals surface area contributed by atoms with Crippen molar-refractivity contribution >= 4 is 11.9 Å². The summed E-state index contributed by atoms with van der Waals surface area (Å²) in [5.74, 6) is 2.04. The molecule has 4 aliphatic carbocycles. The lowest BCUT2D eigenvalue weighted by molar-refractivity contribution is -0.130. The van der Waals surface area contributed by atoms with E-state index in [2.05, 4.69) is 38.0 Å². The quantitative estimate of drug-likeness (QED) is 0.580. The molecule has 0 unspecified atom stereocenters. The van der Waals surface area contributed by atoms with Gasteiger partial charge in [-0.05, 0) is 92.8 Å². The Kier molecular flexibility index (Phi) is 4.43. The van der Waals surface area contributed by atoms with E-state index in [1.165, 1.54) is 5.57 Å². The molecule has 156 valence electrons. The van der Waals surface area contributed by atoms with Gasteiger partial charge in [-0.3, -0.25) is 9.48 Å². The number of rotatable bonds is 2. The summed E-state index contributed by atoms with van der Waals surface area (Å²) in [4.78, 5) is 13.5. The topological polar surface area (TPSA) is 55.1 Å². The van der Waals surface area contributed by atoms with Crippen molar-refractivity contribution in [2.75, 3.05) is 0 Å². The number of nitrogens with zero attached hydrogens (tertiary/aromatic N) is 2. The first-order chi connectivity index (χ1) is 13.8. The third kappa shape index (κ3) is 2.82. The maximum absolute atomic E-state index is 13.5. The molecule has 4 aliphatic rings. The van der Waals surface area contributed by atoms with E-state index in [1.54, 1.807) is 0 Å². The van der Waals surface area contributed by atoms with Crippen LogP contribution in [-0.2, 0) is 11.3 Å². The van der Waals surface area contributed by atoms with E-state index < -0.39 is 0 Å². The van der Waals surface area contributed by atoms with E-state index in [1.807, 2.05) is 16.9 Å². The molecule has 1 heterocycles. The van der Waals surface area contributed by atoms with Crippen molar-refractivity contribution < 1.29 is 9.90 Å². The van der Waals surface area contributed by atoms with Crippen molar-refractivity contribution in [3.63, 3.8) is 0 Å². The van der Waals surface area contributed by atoms with Gasteiger partial charge in [0.15, 0.2) is 5.78 Å². The molecule has 0 radical (unpaired) electrons. The molecule has 4 heteroatoms. The van der Waals surface area contributed by atoms with E-state index in [0.29, 0.717) is 23.5 Å². The fourth-order valence-corrected chi connectivity index (χ4v) is 7.25. The summed E-state index contributed by atoms with van der Waals surface area (Å²) < 4.78 is 1.92. The number of fused-ring (bicyclic) bond motifs is 5. The number of hydrogen-bond acceptors (Lipinski definition) is 3. The van der Waals surface area contributed by atoms with Crippen molar-refractivity contribution in [1.29, 1.82) is 0 Å². The van der Waals surface area contributed by atoms with Gasteiger partial charge in [-0.15, -0.1) is 0 Å². The molecule has 5 rings (SSSR count). The highest BCUT2D eigenvalue weighted by molar-refractivity contribution is 6.05. The lowest BCUT2D eigenvalue weighted by Crippen LogP contribution is -2.50. The Balaban J connectivity index is 1.46. The van der Waals surface area contributed by atoms with Gasteiger partial charge < -0.3 is 5.11 Å². The molecule has 0 aromatic carbocycles. The number of hydrogen-bond donors (Lipinski definition) is 1. The summed E-state index contributed by atoms with van der Waals surface area (Å²) >= 11 is 0.